The first-order chi connectivity index (χ1) is 13.7. The van der Waals surface area contributed by atoms with Crippen LogP contribution in [0.2, 0.25) is 0 Å². The smallest absolute Gasteiger partial charge is 0.246 e. The molecule has 2 aromatic carbocycles. The Morgan fingerprint density at radius 1 is 1.17 bits per heavy atom. The third kappa shape index (κ3) is 4.01. The maximum Gasteiger partial charge on any atom is 0.246 e. The molecule has 8 heteroatoms. The average molecular weight is 432 g/mol. The molecule has 0 saturated carbocycles. The monoisotopic (exact) mass is 431 g/mol. The van der Waals surface area contributed by atoms with Gasteiger partial charge in [0.2, 0.25) is 15.9 Å². The van der Waals surface area contributed by atoms with Crippen LogP contribution in [-0.2, 0) is 21.2 Å². The van der Waals surface area contributed by atoms with Crippen molar-refractivity contribution < 1.29 is 13.2 Å². The first kappa shape index (κ1) is 20.3. The van der Waals surface area contributed by atoms with Crippen LogP contribution in [0.5, 0.6) is 0 Å². The number of sulfonamides is 1. The van der Waals surface area contributed by atoms with E-state index in [1.807, 2.05) is 34.9 Å². The number of nitrogens with two attached hydrogens (primary N) is 1. The molecule has 0 spiro atoms. The zero-order valence-electron chi connectivity index (χ0n) is 16.5. The highest BCUT2D eigenvalue weighted by Crippen LogP contribution is 2.38. The molecule has 0 fully saturated rings. The molecule has 6 nitrogen and oxygen atoms in total. The van der Waals surface area contributed by atoms with Crippen molar-refractivity contribution in [1.29, 1.82) is 0 Å². The molecule has 2 N–H and O–H groups in total. The summed E-state index contributed by atoms with van der Waals surface area (Å²) in [6.07, 6.45) is 1.63. The molecule has 2 aromatic rings. The lowest BCUT2D eigenvalue weighted by Crippen LogP contribution is -2.43. The molecule has 2 aliphatic rings. The van der Waals surface area contributed by atoms with Gasteiger partial charge in [-0.2, -0.15) is 0 Å². The van der Waals surface area contributed by atoms with Gasteiger partial charge in [0.1, 0.15) is 0 Å². The summed E-state index contributed by atoms with van der Waals surface area (Å²) >= 11 is 1.81. The van der Waals surface area contributed by atoms with Crippen LogP contribution in [0.1, 0.15) is 25.8 Å². The molecule has 0 unspecified atom stereocenters. The first-order valence-electron chi connectivity index (χ1n) is 9.72. The van der Waals surface area contributed by atoms with Gasteiger partial charge in [0.05, 0.1) is 17.1 Å². The topological polar surface area (TPSA) is 83.7 Å². The minimum atomic E-state index is -3.74. The van der Waals surface area contributed by atoms with Gasteiger partial charge in [-0.1, -0.05) is 19.1 Å². The van der Waals surface area contributed by atoms with Gasteiger partial charge in [0.15, 0.2) is 0 Å². The normalized spacial score (nSPS) is 21.5. The lowest BCUT2D eigenvalue weighted by atomic mass is 10.1. The van der Waals surface area contributed by atoms with Crippen molar-refractivity contribution in [3.63, 3.8) is 0 Å². The molecule has 0 aromatic heterocycles. The fourth-order valence-electron chi connectivity index (χ4n) is 4.07. The Morgan fingerprint density at radius 2 is 1.93 bits per heavy atom. The molecular formula is C21H25N3O3S2. The molecular weight excluding hydrogens is 406 g/mol. The van der Waals surface area contributed by atoms with Gasteiger partial charge in [-0.25, -0.2) is 13.6 Å². The molecule has 0 bridgehead atoms. The number of benzene rings is 2. The minimum Gasteiger partial charge on any atom is -0.359 e. The maximum absolute atomic E-state index is 13.3. The Balaban J connectivity index is 1.60. The molecule has 1 amide bonds. The highest BCUT2D eigenvalue weighted by atomic mass is 32.2. The molecule has 154 valence electrons. The molecule has 0 aliphatic carbocycles. The third-order valence-electron chi connectivity index (χ3n) is 5.59. The maximum atomic E-state index is 13.3. The summed E-state index contributed by atoms with van der Waals surface area (Å²) in [6.45, 7) is 5.20. The summed E-state index contributed by atoms with van der Waals surface area (Å²) < 4.78 is 23.3. The zero-order valence-corrected chi connectivity index (χ0v) is 18.2. The van der Waals surface area contributed by atoms with Crippen LogP contribution in [-0.4, -0.2) is 38.7 Å². The predicted octanol–water partition coefficient (Wildman–Crippen LogP) is 3.00. The zero-order chi connectivity index (χ0) is 20.8. The van der Waals surface area contributed by atoms with E-state index in [1.54, 1.807) is 12.1 Å². The van der Waals surface area contributed by atoms with Gasteiger partial charge in [-0.15, -0.1) is 11.8 Å². The highest BCUT2D eigenvalue weighted by molar-refractivity contribution is 8.00. The van der Waals surface area contributed by atoms with E-state index in [4.69, 9.17) is 5.14 Å². The lowest BCUT2D eigenvalue weighted by molar-refractivity contribution is -0.117. The second-order valence-corrected chi connectivity index (χ2v) is 10.8. The van der Waals surface area contributed by atoms with Gasteiger partial charge < -0.3 is 9.80 Å². The molecule has 0 radical (unpaired) electrons. The first-order valence-corrected chi connectivity index (χ1v) is 12.1. The number of primary sulfonamides is 1. The highest BCUT2D eigenvalue weighted by Gasteiger charge is 2.31. The number of anilines is 2. The number of amides is 1. The Morgan fingerprint density at radius 3 is 2.69 bits per heavy atom. The fraction of sp³-hybridized carbons (Fsp3) is 0.381. The van der Waals surface area contributed by atoms with E-state index < -0.39 is 10.0 Å². The fourth-order valence-corrected chi connectivity index (χ4v) is 5.74. The van der Waals surface area contributed by atoms with Crippen molar-refractivity contribution >= 4 is 39.1 Å². The van der Waals surface area contributed by atoms with Gasteiger partial charge in [0, 0.05) is 28.4 Å². The Kier molecular flexibility index (Phi) is 5.35. The van der Waals surface area contributed by atoms with Gasteiger partial charge in [-0.3, -0.25) is 4.79 Å². The quantitative estimate of drug-likeness (QED) is 0.808. The number of carbonyl (C=O) groups is 1. The van der Waals surface area contributed by atoms with Gasteiger partial charge in [0.25, 0.3) is 0 Å². The number of fused-ring (bicyclic) bond motifs is 2. The average Bonchev–Trinajstić information content (AvgIpc) is 2.86. The van der Waals surface area contributed by atoms with E-state index in [9.17, 15) is 13.2 Å². The molecule has 0 saturated heterocycles. The van der Waals surface area contributed by atoms with E-state index in [-0.39, 0.29) is 23.4 Å². The second-order valence-electron chi connectivity index (χ2n) is 7.75. The third-order valence-corrected chi connectivity index (χ3v) is 7.73. The van der Waals surface area contributed by atoms with Crippen LogP contribution < -0.4 is 14.9 Å². The Labute approximate surface area is 176 Å². The van der Waals surface area contributed by atoms with Crippen molar-refractivity contribution in [1.82, 2.24) is 0 Å². The van der Waals surface area contributed by atoms with E-state index in [0.717, 1.165) is 28.3 Å². The van der Waals surface area contributed by atoms with Crippen molar-refractivity contribution in [3.05, 3.63) is 48.0 Å². The summed E-state index contributed by atoms with van der Waals surface area (Å²) in [7, 11) is -3.74. The number of rotatable bonds is 3. The summed E-state index contributed by atoms with van der Waals surface area (Å²) in [6, 6.07) is 13.1. The summed E-state index contributed by atoms with van der Waals surface area (Å²) in [5.74, 6) is 0.0578. The molecule has 2 heterocycles. The van der Waals surface area contributed by atoms with E-state index in [1.165, 1.54) is 6.07 Å². The Hall–Kier alpha value is -2.03. The summed E-state index contributed by atoms with van der Waals surface area (Å²) in [5.41, 5.74) is 2.80. The number of carbonyl (C=O) groups excluding carboxylic acids is 1. The number of hydrogen-bond acceptors (Lipinski definition) is 5. The van der Waals surface area contributed by atoms with E-state index in [2.05, 4.69) is 24.8 Å². The minimum absolute atomic E-state index is 0.0578. The Bertz CT molecular complexity index is 1050. The number of hydrogen-bond donors (Lipinski definition) is 1. The molecule has 2 aliphatic heterocycles. The van der Waals surface area contributed by atoms with Crippen molar-refractivity contribution in [3.8, 4) is 0 Å². The molecule has 2 atom stereocenters. The van der Waals surface area contributed by atoms with Crippen LogP contribution in [0.4, 0.5) is 11.4 Å². The second kappa shape index (κ2) is 7.66. The van der Waals surface area contributed by atoms with Crippen LogP contribution in [0.3, 0.4) is 0 Å². The van der Waals surface area contributed by atoms with Crippen molar-refractivity contribution in [2.24, 2.45) is 5.14 Å². The standard InChI is InChI=1S/C21H25N3O3S2/c1-14-11-16-12-17(29(22,26)27)7-8-18(16)24(14)13-21(25)23-10-9-15(2)28-20-6-4-3-5-19(20)23/h3-8,12,14-15H,9-11,13H2,1-2H3,(H2,22,26,27)/t14-,15+/m0/s1. The summed E-state index contributed by atoms with van der Waals surface area (Å²) in [4.78, 5) is 18.5. The SMILES string of the molecule is C[C@@H]1CCN(C(=O)CN2c3ccc(S(N)(=O)=O)cc3C[C@@H]2C)c2ccccc2S1. The number of nitrogens with zero attached hydrogens (tertiary/aromatic N) is 2. The van der Waals surface area contributed by atoms with E-state index >= 15 is 0 Å². The van der Waals surface area contributed by atoms with Crippen LogP contribution in [0, 0.1) is 0 Å². The van der Waals surface area contributed by atoms with Crippen LogP contribution >= 0.6 is 11.8 Å². The molecule has 4 rings (SSSR count). The van der Waals surface area contributed by atoms with Crippen molar-refractivity contribution in [2.75, 3.05) is 22.9 Å². The van der Waals surface area contributed by atoms with Crippen LogP contribution in [0.25, 0.3) is 0 Å². The van der Waals surface area contributed by atoms with Crippen molar-refractivity contribution in [2.45, 2.75) is 47.8 Å². The predicted molar refractivity (Wildman–Crippen MR) is 117 cm³/mol. The van der Waals surface area contributed by atoms with Gasteiger partial charge in [-0.05, 0) is 55.7 Å². The van der Waals surface area contributed by atoms with Gasteiger partial charge >= 0.3 is 0 Å². The summed E-state index contributed by atoms with van der Waals surface area (Å²) in [5, 5.41) is 5.72. The number of para-hydroxylation sites is 1. The molecule has 29 heavy (non-hydrogen) atoms. The van der Waals surface area contributed by atoms with E-state index in [0.29, 0.717) is 18.2 Å². The lowest BCUT2D eigenvalue weighted by Gasteiger charge is -2.29. The van der Waals surface area contributed by atoms with Crippen LogP contribution in [0.15, 0.2) is 52.3 Å². The largest absolute Gasteiger partial charge is 0.359 e. The number of thioether (sulfide) groups is 1.